The maximum Gasteiger partial charge on any atom is 0.119 e. The molecule has 0 fully saturated rings. The minimum absolute atomic E-state index is 0.164. The maximum atomic E-state index is 5.69. The summed E-state index contributed by atoms with van der Waals surface area (Å²) in [5.41, 5.74) is 3.19. The van der Waals surface area contributed by atoms with Gasteiger partial charge in [0.15, 0.2) is 0 Å². The number of benzene rings is 2. The van der Waals surface area contributed by atoms with Crippen LogP contribution < -0.4 is 9.47 Å². The van der Waals surface area contributed by atoms with E-state index in [1.807, 2.05) is 0 Å². The number of hydrogen-bond acceptors (Lipinski definition) is 2. The van der Waals surface area contributed by atoms with E-state index in [0.29, 0.717) is 18.4 Å². The van der Waals surface area contributed by atoms with Crippen LogP contribution in [0.3, 0.4) is 0 Å². The predicted octanol–water partition coefficient (Wildman–Crippen LogP) is 8.00. The van der Waals surface area contributed by atoms with Crippen molar-refractivity contribution in [1.29, 1.82) is 0 Å². The lowest BCUT2D eigenvalue weighted by Crippen LogP contribution is -2.23. The Hall–Kier alpha value is -2.22. The molecule has 2 unspecified atom stereocenters. The molecule has 2 nitrogen and oxygen atoms in total. The second kappa shape index (κ2) is 10.2. The van der Waals surface area contributed by atoms with E-state index in [2.05, 4.69) is 96.7 Å². The Morgan fingerprint density at radius 3 is 1.83 bits per heavy atom. The predicted molar refractivity (Wildman–Crippen MR) is 129 cm³/mol. The van der Waals surface area contributed by atoms with Crippen LogP contribution in [0.15, 0.2) is 61.2 Å². The molecule has 2 aromatic carbocycles. The molecule has 0 spiro atoms. The van der Waals surface area contributed by atoms with Crippen molar-refractivity contribution in [2.45, 2.75) is 66.2 Å². The molecule has 0 amide bonds. The van der Waals surface area contributed by atoms with Crippen molar-refractivity contribution in [1.82, 2.24) is 0 Å². The number of methoxy groups -OCH3 is 1. The Labute approximate surface area is 184 Å². The van der Waals surface area contributed by atoms with Crippen molar-refractivity contribution in [2.75, 3.05) is 13.7 Å². The van der Waals surface area contributed by atoms with Gasteiger partial charge in [0, 0.05) is 0 Å². The third-order valence-electron chi connectivity index (χ3n) is 5.66. The normalized spacial score (nSPS) is 14.1. The van der Waals surface area contributed by atoms with Crippen molar-refractivity contribution < 1.29 is 9.47 Å². The Kier molecular flexibility index (Phi) is 8.18. The topological polar surface area (TPSA) is 18.5 Å². The zero-order valence-corrected chi connectivity index (χ0v) is 20.0. The quantitative estimate of drug-likeness (QED) is 0.391. The van der Waals surface area contributed by atoms with Crippen LogP contribution in [-0.2, 0) is 0 Å². The van der Waals surface area contributed by atoms with Gasteiger partial charge in [-0.15, -0.1) is 0 Å². The van der Waals surface area contributed by atoms with Crippen molar-refractivity contribution in [3.63, 3.8) is 0 Å². The fourth-order valence-electron chi connectivity index (χ4n) is 4.18. The minimum Gasteiger partial charge on any atom is -0.497 e. The Morgan fingerprint density at radius 1 is 0.833 bits per heavy atom. The van der Waals surface area contributed by atoms with Crippen LogP contribution in [-0.4, -0.2) is 13.7 Å². The van der Waals surface area contributed by atoms with Gasteiger partial charge in [0.2, 0.25) is 0 Å². The first-order valence-corrected chi connectivity index (χ1v) is 11.0. The highest BCUT2D eigenvalue weighted by Crippen LogP contribution is 2.45. The first-order chi connectivity index (χ1) is 14.0. The zero-order valence-electron chi connectivity index (χ0n) is 20.0. The molecule has 0 heterocycles. The first kappa shape index (κ1) is 24.1. The Balaban J connectivity index is 2.34. The van der Waals surface area contributed by atoms with Gasteiger partial charge < -0.3 is 9.47 Å². The fraction of sp³-hybridized carbons (Fsp3) is 0.500. The third-order valence-corrected chi connectivity index (χ3v) is 5.66. The van der Waals surface area contributed by atoms with Gasteiger partial charge in [0.25, 0.3) is 0 Å². The molecule has 0 aliphatic rings. The van der Waals surface area contributed by atoms with Gasteiger partial charge in [-0.2, -0.15) is 0 Å². The summed E-state index contributed by atoms with van der Waals surface area (Å²) < 4.78 is 11.1. The van der Waals surface area contributed by atoms with E-state index in [-0.39, 0.29) is 10.8 Å². The molecule has 2 aromatic rings. The van der Waals surface area contributed by atoms with E-state index in [1.165, 1.54) is 11.1 Å². The molecule has 0 saturated carbocycles. The monoisotopic (exact) mass is 408 g/mol. The molecular weight excluding hydrogens is 368 g/mol. The van der Waals surface area contributed by atoms with E-state index in [1.54, 1.807) is 13.2 Å². The summed E-state index contributed by atoms with van der Waals surface area (Å²) in [6.45, 7) is 18.3. The van der Waals surface area contributed by atoms with Gasteiger partial charge in [-0.1, -0.05) is 78.5 Å². The second-order valence-electron chi connectivity index (χ2n) is 10.6. The van der Waals surface area contributed by atoms with Gasteiger partial charge in [-0.25, -0.2) is 0 Å². The second-order valence-corrected chi connectivity index (χ2v) is 10.6. The molecule has 0 bridgehead atoms. The van der Waals surface area contributed by atoms with Gasteiger partial charge >= 0.3 is 0 Å². The van der Waals surface area contributed by atoms with Crippen molar-refractivity contribution in [3.05, 3.63) is 72.3 Å². The molecule has 30 heavy (non-hydrogen) atoms. The Bertz CT molecular complexity index is 773. The summed E-state index contributed by atoms with van der Waals surface area (Å²) in [4.78, 5) is 0. The summed E-state index contributed by atoms with van der Waals surface area (Å²) in [7, 11) is 1.72. The van der Waals surface area contributed by atoms with Crippen molar-refractivity contribution in [3.8, 4) is 11.5 Å². The Morgan fingerprint density at radius 2 is 1.37 bits per heavy atom. The average molecular weight is 409 g/mol. The lowest BCUT2D eigenvalue weighted by Gasteiger charge is -2.36. The van der Waals surface area contributed by atoms with Crippen LogP contribution in [0.5, 0.6) is 11.5 Å². The average Bonchev–Trinajstić information content (AvgIpc) is 2.68. The molecule has 0 aliphatic carbocycles. The van der Waals surface area contributed by atoms with Crippen LogP contribution in [0.2, 0.25) is 0 Å². The number of rotatable bonds is 9. The van der Waals surface area contributed by atoms with Crippen LogP contribution in [0.1, 0.15) is 77.3 Å². The lowest BCUT2D eigenvalue weighted by atomic mass is 9.68. The lowest BCUT2D eigenvalue weighted by molar-refractivity contribution is 0.256. The molecule has 164 valence electrons. The summed E-state index contributed by atoms with van der Waals surface area (Å²) in [6, 6.07) is 17.3. The smallest absolute Gasteiger partial charge is 0.119 e. The fourth-order valence-corrected chi connectivity index (χ4v) is 4.18. The van der Waals surface area contributed by atoms with Gasteiger partial charge in [-0.05, 0) is 70.9 Å². The number of hydrogen-bond donors (Lipinski definition) is 0. The van der Waals surface area contributed by atoms with Crippen LogP contribution >= 0.6 is 0 Å². The molecule has 0 aliphatic heterocycles. The number of ether oxygens (including phenoxy) is 2. The highest BCUT2D eigenvalue weighted by molar-refractivity contribution is 5.33. The molecule has 2 atom stereocenters. The van der Waals surface area contributed by atoms with E-state index in [4.69, 9.17) is 9.47 Å². The summed E-state index contributed by atoms with van der Waals surface area (Å²) in [6.07, 6.45) is 4.03. The van der Waals surface area contributed by atoms with Crippen molar-refractivity contribution in [2.24, 2.45) is 10.8 Å². The summed E-state index contributed by atoms with van der Waals surface area (Å²) >= 11 is 0. The van der Waals surface area contributed by atoms with Gasteiger partial charge in [0.05, 0.1) is 7.11 Å². The van der Waals surface area contributed by atoms with E-state index in [9.17, 15) is 0 Å². The highest BCUT2D eigenvalue weighted by Gasteiger charge is 2.31. The SMILES string of the molecule is C=CCOc1ccc(C(CC(c2ccc(OC)cc2)C(C)(C)C)CC(C)(C)C)cc1. The molecule has 0 aromatic heterocycles. The van der Waals surface area contributed by atoms with Gasteiger partial charge in [0.1, 0.15) is 18.1 Å². The maximum absolute atomic E-state index is 5.69. The molecule has 2 rings (SSSR count). The van der Waals surface area contributed by atoms with E-state index in [0.717, 1.165) is 24.3 Å². The molecular formula is C28H40O2. The standard InChI is InChI=1S/C28H40O2/c1-9-18-30-25-16-10-21(11-17-25)23(20-27(2,3)4)19-26(28(5,6)7)22-12-14-24(29-8)15-13-22/h9-17,23,26H,1,18-20H2,2-8H3. The largest absolute Gasteiger partial charge is 0.497 e. The molecule has 0 saturated heterocycles. The molecule has 2 heteroatoms. The van der Waals surface area contributed by atoms with E-state index < -0.39 is 0 Å². The summed E-state index contributed by atoms with van der Waals surface area (Å²) in [5.74, 6) is 2.74. The van der Waals surface area contributed by atoms with Gasteiger partial charge in [-0.3, -0.25) is 0 Å². The molecule has 0 radical (unpaired) electrons. The van der Waals surface area contributed by atoms with E-state index >= 15 is 0 Å². The van der Waals surface area contributed by atoms with Crippen LogP contribution in [0, 0.1) is 10.8 Å². The third kappa shape index (κ3) is 7.23. The zero-order chi connectivity index (χ0) is 22.4. The summed E-state index contributed by atoms with van der Waals surface area (Å²) in [5, 5.41) is 0. The van der Waals surface area contributed by atoms with Crippen LogP contribution in [0.4, 0.5) is 0 Å². The minimum atomic E-state index is 0.164. The van der Waals surface area contributed by atoms with Crippen molar-refractivity contribution >= 4 is 0 Å². The van der Waals surface area contributed by atoms with Crippen LogP contribution in [0.25, 0.3) is 0 Å². The first-order valence-electron chi connectivity index (χ1n) is 11.0. The highest BCUT2D eigenvalue weighted by atomic mass is 16.5. The molecule has 0 N–H and O–H groups in total.